The van der Waals surface area contributed by atoms with Crippen LogP contribution < -0.4 is 0 Å². The molecule has 0 aliphatic carbocycles. The fourth-order valence-corrected chi connectivity index (χ4v) is 2.76. The molecular weight excluding hydrogens is 246 g/mol. The highest BCUT2D eigenvalue weighted by Gasteiger charge is 2.49. The van der Waals surface area contributed by atoms with Crippen molar-refractivity contribution in [1.29, 1.82) is 0 Å². The molecule has 0 spiro atoms. The third-order valence-corrected chi connectivity index (χ3v) is 3.52. The standard InChI is InChI=1S/C13H19N3O3/c1-13(2,3)16-10(17)7-8(12(18)19)11(16)9-5-6-14-15(9)4/h5-6,8,11H,7H2,1-4H3,(H,18,19). The number of carboxylic acids is 1. The Morgan fingerprint density at radius 3 is 2.53 bits per heavy atom. The van der Waals surface area contributed by atoms with Crippen molar-refractivity contribution in [2.45, 2.75) is 38.8 Å². The summed E-state index contributed by atoms with van der Waals surface area (Å²) in [4.78, 5) is 25.3. The molecule has 2 rings (SSSR count). The molecule has 1 amide bonds. The molecule has 0 radical (unpaired) electrons. The lowest BCUT2D eigenvalue weighted by Crippen LogP contribution is -2.45. The van der Waals surface area contributed by atoms with E-state index in [-0.39, 0.29) is 12.3 Å². The highest BCUT2D eigenvalue weighted by atomic mass is 16.4. The van der Waals surface area contributed by atoms with Gasteiger partial charge < -0.3 is 10.0 Å². The summed E-state index contributed by atoms with van der Waals surface area (Å²) in [7, 11) is 1.76. The first-order valence-electron chi connectivity index (χ1n) is 6.26. The summed E-state index contributed by atoms with van der Waals surface area (Å²) in [5.74, 6) is -1.78. The van der Waals surface area contributed by atoms with Crippen molar-refractivity contribution in [3.63, 3.8) is 0 Å². The third kappa shape index (κ3) is 2.22. The molecule has 1 aliphatic heterocycles. The summed E-state index contributed by atoms with van der Waals surface area (Å²) in [5, 5.41) is 13.4. The Morgan fingerprint density at radius 1 is 1.47 bits per heavy atom. The van der Waals surface area contributed by atoms with Crippen molar-refractivity contribution in [3.8, 4) is 0 Å². The minimum Gasteiger partial charge on any atom is -0.481 e. The molecule has 0 aromatic carbocycles. The van der Waals surface area contributed by atoms with E-state index in [2.05, 4.69) is 5.10 Å². The molecule has 2 unspecified atom stereocenters. The van der Waals surface area contributed by atoms with Crippen LogP contribution in [0.4, 0.5) is 0 Å². The third-order valence-electron chi connectivity index (χ3n) is 3.52. The summed E-state index contributed by atoms with van der Waals surface area (Å²) < 4.78 is 1.64. The van der Waals surface area contributed by atoms with Crippen LogP contribution in [0.5, 0.6) is 0 Å². The van der Waals surface area contributed by atoms with Gasteiger partial charge in [0, 0.05) is 25.2 Å². The molecule has 1 N–H and O–H groups in total. The van der Waals surface area contributed by atoms with Gasteiger partial charge in [0.25, 0.3) is 0 Å². The van der Waals surface area contributed by atoms with Crippen LogP contribution in [0.15, 0.2) is 12.3 Å². The van der Waals surface area contributed by atoms with Crippen molar-refractivity contribution in [3.05, 3.63) is 18.0 Å². The fourth-order valence-electron chi connectivity index (χ4n) is 2.76. The highest BCUT2D eigenvalue weighted by Crippen LogP contribution is 2.42. The Hall–Kier alpha value is -1.85. The molecule has 1 saturated heterocycles. The van der Waals surface area contributed by atoms with Gasteiger partial charge in [0.05, 0.1) is 17.7 Å². The van der Waals surface area contributed by atoms with E-state index in [1.807, 2.05) is 20.8 Å². The molecule has 0 bridgehead atoms. The SMILES string of the molecule is Cn1nccc1C1C(C(=O)O)CC(=O)N1C(C)(C)C. The van der Waals surface area contributed by atoms with Gasteiger partial charge in [-0.1, -0.05) is 0 Å². The molecule has 1 aliphatic rings. The number of amides is 1. The topological polar surface area (TPSA) is 75.4 Å². The van der Waals surface area contributed by atoms with E-state index in [0.717, 1.165) is 5.69 Å². The first kappa shape index (κ1) is 13.6. The molecule has 6 nitrogen and oxygen atoms in total. The molecule has 2 atom stereocenters. The molecule has 19 heavy (non-hydrogen) atoms. The Morgan fingerprint density at radius 2 is 2.11 bits per heavy atom. The van der Waals surface area contributed by atoms with Crippen LogP contribution in [-0.4, -0.2) is 37.2 Å². The summed E-state index contributed by atoms with van der Waals surface area (Å²) in [6.07, 6.45) is 1.67. The maximum absolute atomic E-state index is 12.2. The second kappa shape index (κ2) is 4.36. The number of carbonyl (C=O) groups excluding carboxylic acids is 1. The Balaban J connectivity index is 2.51. The van der Waals surface area contributed by atoms with Gasteiger partial charge in [0.1, 0.15) is 0 Å². The van der Waals surface area contributed by atoms with E-state index in [4.69, 9.17) is 0 Å². The van der Waals surface area contributed by atoms with Crippen LogP contribution in [0.2, 0.25) is 0 Å². The zero-order valence-corrected chi connectivity index (χ0v) is 11.6. The minimum absolute atomic E-state index is 0.0441. The summed E-state index contributed by atoms with van der Waals surface area (Å²) >= 11 is 0. The average Bonchev–Trinajstić information content (AvgIpc) is 2.80. The highest BCUT2D eigenvalue weighted by molar-refractivity contribution is 5.87. The number of likely N-dealkylation sites (tertiary alicyclic amines) is 1. The van der Waals surface area contributed by atoms with Crippen molar-refractivity contribution >= 4 is 11.9 Å². The van der Waals surface area contributed by atoms with Gasteiger partial charge in [0.2, 0.25) is 5.91 Å². The smallest absolute Gasteiger partial charge is 0.309 e. The first-order chi connectivity index (χ1) is 8.73. The first-order valence-corrected chi connectivity index (χ1v) is 6.26. The Bertz CT molecular complexity index is 515. The van der Waals surface area contributed by atoms with E-state index in [0.29, 0.717) is 0 Å². The van der Waals surface area contributed by atoms with Crippen LogP contribution in [-0.2, 0) is 16.6 Å². The van der Waals surface area contributed by atoms with Gasteiger partial charge in [-0.15, -0.1) is 0 Å². The zero-order valence-electron chi connectivity index (χ0n) is 11.6. The Kier molecular flexibility index (Phi) is 3.12. The van der Waals surface area contributed by atoms with E-state index in [9.17, 15) is 14.7 Å². The van der Waals surface area contributed by atoms with Crippen molar-refractivity contribution < 1.29 is 14.7 Å². The zero-order chi connectivity index (χ0) is 14.4. The van der Waals surface area contributed by atoms with Crippen LogP contribution in [0.25, 0.3) is 0 Å². The van der Waals surface area contributed by atoms with Gasteiger partial charge >= 0.3 is 5.97 Å². The predicted octanol–water partition coefficient (Wildman–Crippen LogP) is 1.19. The molecule has 2 heterocycles. The fraction of sp³-hybridized carbons (Fsp3) is 0.615. The molecule has 1 aromatic heterocycles. The minimum atomic E-state index is -0.939. The lowest BCUT2D eigenvalue weighted by molar-refractivity contribution is -0.143. The summed E-state index contributed by atoms with van der Waals surface area (Å²) in [6.45, 7) is 5.75. The van der Waals surface area contributed by atoms with Crippen LogP contribution in [0.3, 0.4) is 0 Å². The molecular formula is C13H19N3O3. The number of carboxylic acid groups (broad SMARTS) is 1. The van der Waals surface area contributed by atoms with Crippen LogP contribution in [0.1, 0.15) is 38.9 Å². The molecule has 1 fully saturated rings. The largest absolute Gasteiger partial charge is 0.481 e. The van der Waals surface area contributed by atoms with E-state index in [1.165, 1.54) is 0 Å². The monoisotopic (exact) mass is 265 g/mol. The van der Waals surface area contributed by atoms with E-state index < -0.39 is 23.5 Å². The van der Waals surface area contributed by atoms with Crippen molar-refractivity contribution in [1.82, 2.24) is 14.7 Å². The van der Waals surface area contributed by atoms with Crippen molar-refractivity contribution in [2.75, 3.05) is 0 Å². The van der Waals surface area contributed by atoms with Gasteiger partial charge in [-0.2, -0.15) is 5.10 Å². The lowest BCUT2D eigenvalue weighted by Gasteiger charge is -2.38. The molecule has 6 heteroatoms. The summed E-state index contributed by atoms with van der Waals surface area (Å²) in [5.41, 5.74) is 0.337. The molecule has 0 saturated carbocycles. The van der Waals surface area contributed by atoms with Gasteiger partial charge in [-0.05, 0) is 26.8 Å². The second-order valence-electron chi connectivity index (χ2n) is 5.91. The number of aromatic nitrogens is 2. The Labute approximate surface area is 112 Å². The summed E-state index contributed by atoms with van der Waals surface area (Å²) in [6, 6.07) is 1.32. The average molecular weight is 265 g/mol. The van der Waals surface area contributed by atoms with Gasteiger partial charge in [-0.3, -0.25) is 14.3 Å². The molecule has 104 valence electrons. The van der Waals surface area contributed by atoms with Gasteiger partial charge in [0.15, 0.2) is 0 Å². The lowest BCUT2D eigenvalue weighted by atomic mass is 9.95. The maximum Gasteiger partial charge on any atom is 0.309 e. The van der Waals surface area contributed by atoms with Crippen LogP contribution >= 0.6 is 0 Å². The quantitative estimate of drug-likeness (QED) is 0.871. The normalized spacial score (nSPS) is 24.0. The number of carbonyl (C=O) groups is 2. The molecule has 1 aromatic rings. The number of aliphatic carboxylic acids is 1. The number of hydrogen-bond donors (Lipinski definition) is 1. The number of rotatable bonds is 2. The van der Waals surface area contributed by atoms with E-state index in [1.54, 1.807) is 28.9 Å². The predicted molar refractivity (Wildman–Crippen MR) is 68.3 cm³/mol. The second-order valence-corrected chi connectivity index (χ2v) is 5.91. The van der Waals surface area contributed by atoms with E-state index >= 15 is 0 Å². The van der Waals surface area contributed by atoms with Crippen LogP contribution in [0, 0.1) is 5.92 Å². The van der Waals surface area contributed by atoms with Crippen molar-refractivity contribution in [2.24, 2.45) is 13.0 Å². The van der Waals surface area contributed by atoms with Gasteiger partial charge in [-0.25, -0.2) is 0 Å². The maximum atomic E-state index is 12.2. The number of nitrogens with zero attached hydrogens (tertiary/aromatic N) is 3. The number of aryl methyl sites for hydroxylation is 1. The number of hydrogen-bond acceptors (Lipinski definition) is 3.